The van der Waals surface area contributed by atoms with Crippen molar-refractivity contribution in [1.29, 1.82) is 0 Å². The summed E-state index contributed by atoms with van der Waals surface area (Å²) in [6.45, 7) is 2.37. The number of hydrogen-bond donors (Lipinski definition) is 0. The van der Waals surface area contributed by atoms with Crippen molar-refractivity contribution in [3.63, 3.8) is 0 Å². The summed E-state index contributed by atoms with van der Waals surface area (Å²) < 4.78 is 19.2. The number of ether oxygens (including phenoxy) is 1. The molecule has 0 atom stereocenters. The second kappa shape index (κ2) is 4.23. The highest BCUT2D eigenvalue weighted by atomic mass is 79.9. The van der Waals surface area contributed by atoms with E-state index in [0.717, 1.165) is 0 Å². The first-order chi connectivity index (χ1) is 5.65. The van der Waals surface area contributed by atoms with Gasteiger partial charge in [0.1, 0.15) is 11.6 Å². The third-order valence-electron chi connectivity index (χ3n) is 1.26. The SMILES string of the molecule is CCOc1cc(Br)cc(F)c1Br. The summed E-state index contributed by atoms with van der Waals surface area (Å²) in [6, 6.07) is 3.10. The topological polar surface area (TPSA) is 9.23 Å². The van der Waals surface area contributed by atoms with Crippen LogP contribution in [0.15, 0.2) is 21.1 Å². The molecule has 0 aliphatic heterocycles. The lowest BCUT2D eigenvalue weighted by atomic mass is 10.3. The van der Waals surface area contributed by atoms with E-state index in [1.54, 1.807) is 6.07 Å². The third-order valence-corrected chi connectivity index (χ3v) is 2.49. The maximum absolute atomic E-state index is 13.0. The normalized spacial score (nSPS) is 10.0. The molecule has 0 aromatic heterocycles. The highest BCUT2D eigenvalue weighted by molar-refractivity contribution is 9.11. The molecule has 0 spiro atoms. The van der Waals surface area contributed by atoms with Gasteiger partial charge in [-0.2, -0.15) is 0 Å². The van der Waals surface area contributed by atoms with Crippen LogP contribution in [0.3, 0.4) is 0 Å². The number of benzene rings is 1. The molecule has 0 heterocycles. The Kier molecular flexibility index (Phi) is 3.53. The lowest BCUT2D eigenvalue weighted by Gasteiger charge is -2.06. The van der Waals surface area contributed by atoms with Crippen molar-refractivity contribution in [3.05, 3.63) is 26.9 Å². The molecule has 0 bridgehead atoms. The minimum absolute atomic E-state index is 0.326. The molecule has 0 saturated heterocycles. The van der Waals surface area contributed by atoms with E-state index in [1.807, 2.05) is 6.92 Å². The molecule has 12 heavy (non-hydrogen) atoms. The van der Waals surface area contributed by atoms with E-state index in [-0.39, 0.29) is 5.82 Å². The van der Waals surface area contributed by atoms with Crippen LogP contribution >= 0.6 is 31.9 Å². The van der Waals surface area contributed by atoms with E-state index < -0.39 is 0 Å². The van der Waals surface area contributed by atoms with Crippen molar-refractivity contribution < 1.29 is 9.13 Å². The molecule has 1 aromatic carbocycles. The van der Waals surface area contributed by atoms with E-state index in [0.29, 0.717) is 21.3 Å². The van der Waals surface area contributed by atoms with Crippen LogP contribution in [-0.4, -0.2) is 6.61 Å². The Labute approximate surface area is 87.2 Å². The zero-order chi connectivity index (χ0) is 9.14. The van der Waals surface area contributed by atoms with Crippen molar-refractivity contribution in [2.45, 2.75) is 6.92 Å². The number of halogens is 3. The van der Waals surface area contributed by atoms with Crippen molar-refractivity contribution in [3.8, 4) is 5.75 Å². The Morgan fingerprint density at radius 1 is 1.42 bits per heavy atom. The summed E-state index contributed by atoms with van der Waals surface area (Å²) >= 11 is 6.27. The van der Waals surface area contributed by atoms with Crippen LogP contribution < -0.4 is 4.74 Å². The summed E-state index contributed by atoms with van der Waals surface area (Å²) in [4.78, 5) is 0. The maximum Gasteiger partial charge on any atom is 0.142 e. The van der Waals surface area contributed by atoms with Gasteiger partial charge < -0.3 is 4.74 Å². The summed E-state index contributed by atoms with van der Waals surface area (Å²) in [5.74, 6) is 0.192. The second-order valence-electron chi connectivity index (χ2n) is 2.13. The highest BCUT2D eigenvalue weighted by Gasteiger charge is 2.07. The second-order valence-corrected chi connectivity index (χ2v) is 3.84. The lowest BCUT2D eigenvalue weighted by Crippen LogP contribution is -1.93. The van der Waals surface area contributed by atoms with Crippen LogP contribution in [0.4, 0.5) is 4.39 Å². The molecule has 0 unspecified atom stereocenters. The van der Waals surface area contributed by atoms with Gasteiger partial charge >= 0.3 is 0 Å². The minimum Gasteiger partial charge on any atom is -0.493 e. The van der Waals surface area contributed by atoms with Crippen molar-refractivity contribution in [2.24, 2.45) is 0 Å². The molecular formula is C8H7Br2FO. The van der Waals surface area contributed by atoms with Gasteiger partial charge in [0.2, 0.25) is 0 Å². The van der Waals surface area contributed by atoms with Crippen LogP contribution in [0, 0.1) is 5.82 Å². The molecule has 0 saturated carbocycles. The van der Waals surface area contributed by atoms with Crippen molar-refractivity contribution >= 4 is 31.9 Å². The zero-order valence-electron chi connectivity index (χ0n) is 6.40. The molecule has 0 aliphatic rings. The predicted molar refractivity (Wildman–Crippen MR) is 53.0 cm³/mol. The van der Waals surface area contributed by atoms with E-state index in [9.17, 15) is 4.39 Å². The average molecular weight is 298 g/mol. The van der Waals surface area contributed by atoms with E-state index in [2.05, 4.69) is 31.9 Å². The molecule has 0 fully saturated rings. The van der Waals surface area contributed by atoms with Gasteiger partial charge in [0, 0.05) is 4.47 Å². The predicted octanol–water partition coefficient (Wildman–Crippen LogP) is 3.75. The van der Waals surface area contributed by atoms with Crippen LogP contribution in [-0.2, 0) is 0 Å². The maximum atomic E-state index is 13.0. The Bertz CT molecular complexity index is 289. The first kappa shape index (κ1) is 9.99. The Hall–Kier alpha value is -0.0900. The van der Waals surface area contributed by atoms with Gasteiger partial charge in [-0.3, -0.25) is 0 Å². The monoisotopic (exact) mass is 296 g/mol. The zero-order valence-corrected chi connectivity index (χ0v) is 9.58. The van der Waals surface area contributed by atoms with E-state index in [4.69, 9.17) is 4.74 Å². The van der Waals surface area contributed by atoms with Crippen LogP contribution in [0.5, 0.6) is 5.75 Å². The third kappa shape index (κ3) is 2.20. The fourth-order valence-corrected chi connectivity index (χ4v) is 1.55. The van der Waals surface area contributed by atoms with Crippen LogP contribution in [0.2, 0.25) is 0 Å². The molecule has 0 amide bonds. The Balaban J connectivity index is 3.09. The highest BCUT2D eigenvalue weighted by Crippen LogP contribution is 2.31. The number of hydrogen-bond acceptors (Lipinski definition) is 1. The van der Waals surface area contributed by atoms with Gasteiger partial charge in [0.15, 0.2) is 0 Å². The molecule has 1 rings (SSSR count). The fraction of sp³-hybridized carbons (Fsp3) is 0.250. The quantitative estimate of drug-likeness (QED) is 0.756. The molecule has 66 valence electrons. The first-order valence-electron chi connectivity index (χ1n) is 3.42. The van der Waals surface area contributed by atoms with Gasteiger partial charge in [-0.25, -0.2) is 4.39 Å². The Morgan fingerprint density at radius 2 is 2.08 bits per heavy atom. The Morgan fingerprint density at radius 3 is 2.67 bits per heavy atom. The van der Waals surface area contributed by atoms with Gasteiger partial charge in [0.05, 0.1) is 11.1 Å². The van der Waals surface area contributed by atoms with Gasteiger partial charge in [-0.15, -0.1) is 0 Å². The van der Waals surface area contributed by atoms with E-state index >= 15 is 0 Å². The molecule has 4 heteroatoms. The summed E-state index contributed by atoms with van der Waals surface area (Å²) in [5, 5.41) is 0. The molecule has 1 nitrogen and oxygen atoms in total. The molecule has 0 aliphatic carbocycles. The largest absolute Gasteiger partial charge is 0.493 e. The van der Waals surface area contributed by atoms with Crippen LogP contribution in [0.25, 0.3) is 0 Å². The standard InChI is InChI=1S/C8H7Br2FO/c1-2-12-7-4-5(9)3-6(11)8(7)10/h3-4H,2H2,1H3. The minimum atomic E-state index is -0.326. The number of rotatable bonds is 2. The molecule has 1 aromatic rings. The fourth-order valence-electron chi connectivity index (χ4n) is 0.793. The van der Waals surface area contributed by atoms with Gasteiger partial charge in [-0.1, -0.05) is 15.9 Å². The first-order valence-corrected chi connectivity index (χ1v) is 5.01. The average Bonchev–Trinajstić information content (AvgIpc) is 2.00. The molecular weight excluding hydrogens is 291 g/mol. The smallest absolute Gasteiger partial charge is 0.142 e. The van der Waals surface area contributed by atoms with Crippen molar-refractivity contribution in [1.82, 2.24) is 0 Å². The molecule has 0 N–H and O–H groups in total. The van der Waals surface area contributed by atoms with Crippen LogP contribution in [0.1, 0.15) is 6.92 Å². The van der Waals surface area contributed by atoms with Gasteiger partial charge in [-0.05, 0) is 35.0 Å². The summed E-state index contributed by atoms with van der Waals surface area (Å²) in [5.41, 5.74) is 0. The summed E-state index contributed by atoms with van der Waals surface area (Å²) in [6.07, 6.45) is 0. The lowest BCUT2D eigenvalue weighted by molar-refractivity contribution is 0.335. The van der Waals surface area contributed by atoms with Gasteiger partial charge in [0.25, 0.3) is 0 Å². The van der Waals surface area contributed by atoms with E-state index in [1.165, 1.54) is 6.07 Å². The summed E-state index contributed by atoms with van der Waals surface area (Å²) in [7, 11) is 0. The van der Waals surface area contributed by atoms with Crippen molar-refractivity contribution in [2.75, 3.05) is 6.61 Å². The molecule has 0 radical (unpaired) electrons.